The summed E-state index contributed by atoms with van der Waals surface area (Å²) in [5.74, 6) is 2.51. The summed E-state index contributed by atoms with van der Waals surface area (Å²) in [6.07, 6.45) is 11.6. The minimum atomic E-state index is -0.830. The van der Waals surface area contributed by atoms with Crippen LogP contribution in [0.15, 0.2) is 18.5 Å². The van der Waals surface area contributed by atoms with Gasteiger partial charge in [0.05, 0.1) is 0 Å². The van der Waals surface area contributed by atoms with Crippen LogP contribution in [0.1, 0.15) is 44.1 Å². The summed E-state index contributed by atoms with van der Waals surface area (Å²) in [7, 11) is 0. The van der Waals surface area contributed by atoms with Gasteiger partial charge in [0.25, 0.3) is 0 Å². The summed E-state index contributed by atoms with van der Waals surface area (Å²) in [6.45, 7) is 0.344. The first kappa shape index (κ1) is 12.0. The first-order chi connectivity index (χ1) is 9.15. The van der Waals surface area contributed by atoms with Gasteiger partial charge in [0, 0.05) is 29.9 Å². The lowest BCUT2D eigenvalue weighted by Gasteiger charge is -2.62. The smallest absolute Gasteiger partial charge is 0.109 e. The molecule has 1 aromatic rings. The average Bonchev–Trinajstić information content (AvgIpc) is 2.90. The van der Waals surface area contributed by atoms with Crippen molar-refractivity contribution >= 4 is 0 Å². The molecular weight excluding hydrogens is 236 g/mol. The van der Waals surface area contributed by atoms with E-state index in [1.807, 2.05) is 18.5 Å². The fraction of sp³-hybridized carbons (Fsp3) is 0.750. The molecule has 1 atom stereocenters. The Morgan fingerprint density at radius 3 is 2.21 bits per heavy atom. The first-order valence-corrected chi connectivity index (χ1v) is 7.71. The quantitative estimate of drug-likeness (QED) is 0.781. The van der Waals surface area contributed by atoms with E-state index in [1.54, 1.807) is 0 Å². The predicted octanol–water partition coefficient (Wildman–Crippen LogP) is 2.38. The third-order valence-electron chi connectivity index (χ3n) is 6.29. The number of aliphatic hydroxyl groups is 1. The van der Waals surface area contributed by atoms with Crippen molar-refractivity contribution in [1.82, 2.24) is 4.98 Å². The summed E-state index contributed by atoms with van der Waals surface area (Å²) in [5, 5.41) is 11.4. The van der Waals surface area contributed by atoms with Crippen molar-refractivity contribution in [3.63, 3.8) is 0 Å². The van der Waals surface area contributed by atoms with Crippen LogP contribution in [0, 0.1) is 23.2 Å². The van der Waals surface area contributed by atoms with Crippen molar-refractivity contribution in [2.24, 2.45) is 28.9 Å². The molecule has 4 fully saturated rings. The van der Waals surface area contributed by atoms with Crippen molar-refractivity contribution in [3.8, 4) is 0 Å². The van der Waals surface area contributed by atoms with Crippen LogP contribution in [-0.2, 0) is 5.60 Å². The summed E-state index contributed by atoms with van der Waals surface area (Å²) in [6, 6.07) is 2.01. The maximum Gasteiger partial charge on any atom is 0.109 e. The molecule has 4 aliphatic carbocycles. The van der Waals surface area contributed by atoms with E-state index in [0.717, 1.165) is 23.3 Å². The normalized spacial score (nSPS) is 43.4. The van der Waals surface area contributed by atoms with Crippen LogP contribution in [-0.4, -0.2) is 16.6 Å². The van der Waals surface area contributed by atoms with Gasteiger partial charge in [-0.15, -0.1) is 0 Å². The molecule has 1 unspecified atom stereocenters. The summed E-state index contributed by atoms with van der Waals surface area (Å²) in [4.78, 5) is 3.09. The molecule has 1 aromatic heterocycles. The highest BCUT2D eigenvalue weighted by Crippen LogP contribution is 2.65. The fourth-order valence-electron chi connectivity index (χ4n) is 5.84. The number of nitrogens with one attached hydrogen (secondary N) is 1. The monoisotopic (exact) mass is 260 g/mol. The number of nitrogens with two attached hydrogens (primary N) is 1. The predicted molar refractivity (Wildman–Crippen MR) is 74.3 cm³/mol. The van der Waals surface area contributed by atoms with E-state index >= 15 is 0 Å². The SMILES string of the molecule is NCC(O)(c1cc[nH]c1)C12CC3CC(CC(C3)C1)C2. The molecule has 1 heterocycles. The van der Waals surface area contributed by atoms with Gasteiger partial charge in [-0.2, -0.15) is 0 Å². The largest absolute Gasteiger partial charge is 0.383 e. The van der Waals surface area contributed by atoms with E-state index in [2.05, 4.69) is 4.98 Å². The molecule has 4 N–H and O–H groups in total. The Hall–Kier alpha value is -0.800. The van der Waals surface area contributed by atoms with Gasteiger partial charge >= 0.3 is 0 Å². The lowest BCUT2D eigenvalue weighted by molar-refractivity contribution is -0.180. The van der Waals surface area contributed by atoms with Crippen LogP contribution >= 0.6 is 0 Å². The van der Waals surface area contributed by atoms with Crippen molar-refractivity contribution in [2.75, 3.05) is 6.54 Å². The van der Waals surface area contributed by atoms with Crippen molar-refractivity contribution in [2.45, 2.75) is 44.1 Å². The van der Waals surface area contributed by atoms with Crippen molar-refractivity contribution < 1.29 is 5.11 Å². The third-order valence-corrected chi connectivity index (χ3v) is 6.29. The first-order valence-electron chi connectivity index (χ1n) is 7.71. The maximum atomic E-state index is 11.4. The minimum absolute atomic E-state index is 0.0404. The van der Waals surface area contributed by atoms with Crippen LogP contribution in [0.25, 0.3) is 0 Å². The second kappa shape index (κ2) is 3.86. The van der Waals surface area contributed by atoms with Crippen LogP contribution in [0.3, 0.4) is 0 Å². The minimum Gasteiger partial charge on any atom is -0.383 e. The molecular formula is C16H24N2O. The molecule has 4 bridgehead atoms. The molecule has 4 aliphatic rings. The molecule has 0 spiro atoms. The van der Waals surface area contributed by atoms with Crippen LogP contribution in [0.5, 0.6) is 0 Å². The molecule has 19 heavy (non-hydrogen) atoms. The molecule has 0 amide bonds. The summed E-state index contributed by atoms with van der Waals surface area (Å²) < 4.78 is 0. The molecule has 0 aromatic carbocycles. The maximum absolute atomic E-state index is 11.4. The fourth-order valence-corrected chi connectivity index (χ4v) is 5.84. The van der Waals surface area contributed by atoms with E-state index in [1.165, 1.54) is 38.5 Å². The van der Waals surface area contributed by atoms with Crippen molar-refractivity contribution in [1.29, 1.82) is 0 Å². The second-order valence-corrected chi connectivity index (χ2v) is 7.36. The van der Waals surface area contributed by atoms with Gasteiger partial charge in [0.15, 0.2) is 0 Å². The van der Waals surface area contributed by atoms with E-state index in [9.17, 15) is 5.11 Å². The van der Waals surface area contributed by atoms with Gasteiger partial charge in [-0.05, 0) is 62.3 Å². The molecule has 3 nitrogen and oxygen atoms in total. The standard InChI is InChI=1S/C16H24N2O/c17-10-16(19,14-1-2-18-9-14)15-6-11-3-12(7-15)5-13(4-11)8-15/h1-2,9,11-13,18-19H,3-8,10,17H2. The van der Waals surface area contributed by atoms with Crippen LogP contribution in [0.2, 0.25) is 0 Å². The highest BCUT2D eigenvalue weighted by molar-refractivity contribution is 5.25. The third kappa shape index (κ3) is 1.52. The summed E-state index contributed by atoms with van der Waals surface area (Å²) in [5.41, 5.74) is 6.26. The lowest BCUT2D eigenvalue weighted by Crippen LogP contribution is -2.59. The molecule has 104 valence electrons. The summed E-state index contributed by atoms with van der Waals surface area (Å²) >= 11 is 0. The van der Waals surface area contributed by atoms with Gasteiger partial charge in [-0.3, -0.25) is 0 Å². The van der Waals surface area contributed by atoms with E-state index in [-0.39, 0.29) is 5.41 Å². The Balaban J connectivity index is 1.77. The number of H-pyrrole nitrogens is 1. The molecule has 0 aliphatic heterocycles. The van der Waals surface area contributed by atoms with Crippen LogP contribution < -0.4 is 5.73 Å². The number of hydrogen-bond donors (Lipinski definition) is 3. The molecule has 3 heteroatoms. The van der Waals surface area contributed by atoms with E-state index in [0.29, 0.717) is 6.54 Å². The average molecular weight is 260 g/mol. The van der Waals surface area contributed by atoms with Crippen molar-refractivity contribution in [3.05, 3.63) is 24.0 Å². The van der Waals surface area contributed by atoms with E-state index in [4.69, 9.17) is 5.73 Å². The van der Waals surface area contributed by atoms with Gasteiger partial charge in [-0.1, -0.05) is 0 Å². The van der Waals surface area contributed by atoms with Gasteiger partial charge < -0.3 is 15.8 Å². The zero-order chi connectivity index (χ0) is 13.1. The number of rotatable bonds is 3. The van der Waals surface area contributed by atoms with Gasteiger partial charge in [-0.25, -0.2) is 0 Å². The highest BCUT2D eigenvalue weighted by atomic mass is 16.3. The lowest BCUT2D eigenvalue weighted by atomic mass is 9.44. The van der Waals surface area contributed by atoms with Gasteiger partial charge in [0.2, 0.25) is 0 Å². The molecule has 0 saturated heterocycles. The highest BCUT2D eigenvalue weighted by Gasteiger charge is 2.60. The molecule has 4 saturated carbocycles. The zero-order valence-electron chi connectivity index (χ0n) is 11.4. The van der Waals surface area contributed by atoms with Gasteiger partial charge in [0.1, 0.15) is 5.60 Å². The zero-order valence-corrected chi connectivity index (χ0v) is 11.4. The Kier molecular flexibility index (Phi) is 2.43. The topological polar surface area (TPSA) is 62.0 Å². The number of aromatic nitrogens is 1. The Bertz CT molecular complexity index is 432. The Morgan fingerprint density at radius 2 is 1.79 bits per heavy atom. The number of aromatic amines is 1. The Labute approximate surface area is 114 Å². The molecule has 5 rings (SSSR count). The Morgan fingerprint density at radius 1 is 1.21 bits per heavy atom. The van der Waals surface area contributed by atoms with E-state index < -0.39 is 5.60 Å². The molecule has 0 radical (unpaired) electrons. The van der Waals surface area contributed by atoms with Crippen LogP contribution in [0.4, 0.5) is 0 Å². The second-order valence-electron chi connectivity index (χ2n) is 7.36. The number of hydrogen-bond acceptors (Lipinski definition) is 2.